The molecule has 3 aromatic heterocycles. The van der Waals surface area contributed by atoms with E-state index in [1.54, 1.807) is 17.7 Å². The molecular formula is C26H22FN5S. The number of thiophene rings is 1. The molecule has 5 nitrogen and oxygen atoms in total. The van der Waals surface area contributed by atoms with E-state index in [1.165, 1.54) is 35.4 Å². The van der Waals surface area contributed by atoms with Crippen molar-refractivity contribution in [1.82, 2.24) is 14.5 Å². The molecule has 1 N–H and O–H groups in total. The van der Waals surface area contributed by atoms with Gasteiger partial charge in [-0.25, -0.2) is 14.4 Å². The molecule has 1 aliphatic carbocycles. The van der Waals surface area contributed by atoms with E-state index in [-0.39, 0.29) is 5.82 Å². The van der Waals surface area contributed by atoms with Gasteiger partial charge >= 0.3 is 0 Å². The van der Waals surface area contributed by atoms with Crippen LogP contribution in [0.25, 0.3) is 21.1 Å². The SMILES string of the molecule is Fc1ccc(Cn2cc(/C=N\Nc3ncnc4sc5c(c34)CCCC5)c3ccccc32)cc1. The maximum absolute atomic E-state index is 13.3. The Morgan fingerprint density at radius 1 is 1.06 bits per heavy atom. The summed E-state index contributed by atoms with van der Waals surface area (Å²) in [5, 5.41) is 6.78. The minimum Gasteiger partial charge on any atom is -0.342 e. The number of benzene rings is 2. The average Bonchev–Trinajstić information content (AvgIpc) is 3.40. The summed E-state index contributed by atoms with van der Waals surface area (Å²) in [7, 11) is 0. The molecule has 0 fully saturated rings. The van der Waals surface area contributed by atoms with Gasteiger partial charge < -0.3 is 4.57 Å². The minimum absolute atomic E-state index is 0.222. The van der Waals surface area contributed by atoms with Gasteiger partial charge in [0.1, 0.15) is 17.0 Å². The standard InChI is InChI=1S/C26H22FN5S/c27-19-11-9-17(10-12-19)14-32-15-18(20-5-1-3-7-22(20)32)13-30-31-25-24-21-6-2-4-8-23(21)33-26(24)29-16-28-25/h1,3,5,7,9-13,15-16H,2,4,6,8,14H2,(H,28,29,31)/b30-13-. The first kappa shape index (κ1) is 20.1. The van der Waals surface area contributed by atoms with Crippen molar-refractivity contribution in [2.45, 2.75) is 32.2 Å². The third kappa shape index (κ3) is 3.78. The molecule has 0 aliphatic heterocycles. The molecule has 7 heteroatoms. The first-order valence-electron chi connectivity index (χ1n) is 11.1. The average molecular weight is 456 g/mol. The second kappa shape index (κ2) is 8.41. The Morgan fingerprint density at radius 2 is 1.91 bits per heavy atom. The van der Waals surface area contributed by atoms with Crippen LogP contribution in [0.1, 0.15) is 34.4 Å². The van der Waals surface area contributed by atoms with Crippen molar-refractivity contribution in [3.63, 3.8) is 0 Å². The van der Waals surface area contributed by atoms with Crippen LogP contribution in [0.5, 0.6) is 0 Å². The van der Waals surface area contributed by atoms with Crippen molar-refractivity contribution in [1.29, 1.82) is 0 Å². The Hall–Kier alpha value is -3.58. The number of nitrogens with one attached hydrogen (secondary N) is 1. The lowest BCUT2D eigenvalue weighted by atomic mass is 9.97. The zero-order valence-corrected chi connectivity index (χ0v) is 18.8. The largest absolute Gasteiger partial charge is 0.342 e. The van der Waals surface area contributed by atoms with Crippen LogP contribution in [0.15, 0.2) is 66.2 Å². The number of para-hydroxylation sites is 1. The van der Waals surface area contributed by atoms with Gasteiger partial charge in [-0.15, -0.1) is 11.3 Å². The molecule has 1 aliphatic rings. The summed E-state index contributed by atoms with van der Waals surface area (Å²) in [5.74, 6) is 0.548. The molecule has 0 bridgehead atoms. The van der Waals surface area contributed by atoms with Crippen LogP contribution < -0.4 is 5.43 Å². The van der Waals surface area contributed by atoms with E-state index in [9.17, 15) is 4.39 Å². The normalized spacial score (nSPS) is 13.7. The molecule has 0 unspecified atom stereocenters. The van der Waals surface area contributed by atoms with Crippen molar-refractivity contribution in [2.75, 3.05) is 5.43 Å². The monoisotopic (exact) mass is 455 g/mol. The Labute approximate surface area is 194 Å². The van der Waals surface area contributed by atoms with Gasteiger partial charge in [0.25, 0.3) is 0 Å². The summed E-state index contributed by atoms with van der Waals surface area (Å²) < 4.78 is 15.5. The van der Waals surface area contributed by atoms with Gasteiger partial charge in [0.2, 0.25) is 0 Å². The number of rotatable bonds is 5. The third-order valence-electron chi connectivity index (χ3n) is 6.21. The lowest BCUT2D eigenvalue weighted by Gasteiger charge is -2.11. The van der Waals surface area contributed by atoms with E-state index in [4.69, 9.17) is 0 Å². The van der Waals surface area contributed by atoms with Gasteiger partial charge in [-0.3, -0.25) is 5.43 Å². The molecule has 0 atom stereocenters. The highest BCUT2D eigenvalue weighted by atomic mass is 32.1. The topological polar surface area (TPSA) is 55.1 Å². The number of halogens is 1. The number of fused-ring (bicyclic) bond motifs is 4. The summed E-state index contributed by atoms with van der Waals surface area (Å²) in [6.45, 7) is 0.662. The van der Waals surface area contributed by atoms with E-state index in [0.29, 0.717) is 6.54 Å². The number of hydrogen-bond acceptors (Lipinski definition) is 5. The van der Waals surface area contributed by atoms with Crippen LogP contribution >= 0.6 is 11.3 Å². The minimum atomic E-state index is -0.222. The Morgan fingerprint density at radius 3 is 2.82 bits per heavy atom. The first-order chi connectivity index (χ1) is 16.3. The lowest BCUT2D eigenvalue weighted by molar-refractivity contribution is 0.626. The molecule has 0 spiro atoms. The molecule has 2 aromatic carbocycles. The highest BCUT2D eigenvalue weighted by Crippen LogP contribution is 2.38. The first-order valence-corrected chi connectivity index (χ1v) is 11.9. The molecule has 6 rings (SSSR count). The van der Waals surface area contributed by atoms with E-state index < -0.39 is 0 Å². The lowest BCUT2D eigenvalue weighted by Crippen LogP contribution is -2.01. The van der Waals surface area contributed by atoms with Crippen molar-refractivity contribution in [2.24, 2.45) is 5.10 Å². The van der Waals surface area contributed by atoms with Crippen LogP contribution in [0.2, 0.25) is 0 Å². The van der Waals surface area contributed by atoms with Crippen LogP contribution in [0.4, 0.5) is 10.2 Å². The quantitative estimate of drug-likeness (QED) is 0.255. The number of anilines is 1. The maximum atomic E-state index is 13.3. The van der Waals surface area contributed by atoms with Crippen LogP contribution in [0, 0.1) is 5.82 Å². The third-order valence-corrected chi connectivity index (χ3v) is 7.41. The van der Waals surface area contributed by atoms with Crippen molar-refractivity contribution < 1.29 is 4.39 Å². The van der Waals surface area contributed by atoms with Gasteiger partial charge in [0.15, 0.2) is 5.82 Å². The van der Waals surface area contributed by atoms with Crippen LogP contribution in [-0.2, 0) is 19.4 Å². The zero-order chi connectivity index (χ0) is 22.2. The summed E-state index contributed by atoms with van der Waals surface area (Å²) in [4.78, 5) is 11.4. The molecule has 5 aromatic rings. The van der Waals surface area contributed by atoms with E-state index >= 15 is 0 Å². The summed E-state index contributed by atoms with van der Waals surface area (Å²) in [6.07, 6.45) is 10.2. The number of hydrazone groups is 1. The van der Waals surface area contributed by atoms with Crippen LogP contribution in [-0.4, -0.2) is 20.7 Å². The van der Waals surface area contributed by atoms with Gasteiger partial charge in [0.05, 0.1) is 11.6 Å². The predicted molar refractivity (Wildman–Crippen MR) is 133 cm³/mol. The van der Waals surface area contributed by atoms with Crippen molar-refractivity contribution in [3.05, 3.63) is 88.4 Å². The molecule has 33 heavy (non-hydrogen) atoms. The number of hydrogen-bond donors (Lipinski definition) is 1. The van der Waals surface area contributed by atoms with E-state index in [2.05, 4.69) is 43.4 Å². The second-order valence-electron chi connectivity index (χ2n) is 8.34. The van der Waals surface area contributed by atoms with Gasteiger partial charge in [-0.1, -0.05) is 30.3 Å². The fourth-order valence-corrected chi connectivity index (χ4v) is 5.86. The smallest absolute Gasteiger partial charge is 0.158 e. The predicted octanol–water partition coefficient (Wildman–Crippen LogP) is 6.16. The molecule has 0 saturated carbocycles. The Balaban J connectivity index is 1.31. The van der Waals surface area contributed by atoms with E-state index in [1.807, 2.05) is 30.5 Å². The number of aryl methyl sites for hydroxylation is 2. The fourth-order valence-electron chi connectivity index (χ4n) is 4.63. The van der Waals surface area contributed by atoms with E-state index in [0.717, 1.165) is 50.9 Å². The Kier molecular flexibility index (Phi) is 5.11. The summed E-state index contributed by atoms with van der Waals surface area (Å²) in [6, 6.07) is 14.9. The second-order valence-corrected chi connectivity index (χ2v) is 9.42. The highest BCUT2D eigenvalue weighted by molar-refractivity contribution is 7.19. The molecular weight excluding hydrogens is 433 g/mol. The van der Waals surface area contributed by atoms with Crippen LogP contribution in [0.3, 0.4) is 0 Å². The molecule has 164 valence electrons. The Bertz CT molecular complexity index is 1480. The molecule has 3 heterocycles. The molecule has 0 radical (unpaired) electrons. The van der Waals surface area contributed by atoms with Gasteiger partial charge in [0, 0.05) is 34.1 Å². The highest BCUT2D eigenvalue weighted by Gasteiger charge is 2.19. The number of aromatic nitrogens is 3. The van der Waals surface area contributed by atoms with Crippen molar-refractivity contribution in [3.8, 4) is 0 Å². The number of nitrogens with zero attached hydrogens (tertiary/aromatic N) is 4. The summed E-state index contributed by atoms with van der Waals surface area (Å²) in [5.41, 5.74) is 7.73. The maximum Gasteiger partial charge on any atom is 0.158 e. The zero-order valence-electron chi connectivity index (χ0n) is 18.0. The summed E-state index contributed by atoms with van der Waals surface area (Å²) >= 11 is 1.78. The van der Waals surface area contributed by atoms with Gasteiger partial charge in [-0.2, -0.15) is 5.10 Å². The fraction of sp³-hybridized carbons (Fsp3) is 0.192. The van der Waals surface area contributed by atoms with Crippen molar-refractivity contribution >= 4 is 44.5 Å². The van der Waals surface area contributed by atoms with Gasteiger partial charge in [-0.05, 0) is 55.0 Å². The molecule has 0 saturated heterocycles. The molecule has 0 amide bonds.